The highest BCUT2D eigenvalue weighted by atomic mass is 35.7. The van der Waals surface area contributed by atoms with Gasteiger partial charge < -0.3 is 9.84 Å². The van der Waals surface area contributed by atoms with E-state index in [9.17, 15) is 13.2 Å². The van der Waals surface area contributed by atoms with E-state index in [4.69, 9.17) is 20.5 Å². The third kappa shape index (κ3) is 3.39. The number of carbonyl (C=O) groups is 1. The van der Waals surface area contributed by atoms with Gasteiger partial charge in [0.1, 0.15) is 10.6 Å². The van der Waals surface area contributed by atoms with E-state index < -0.39 is 15.0 Å². The first-order valence-electron chi connectivity index (χ1n) is 5.83. The Morgan fingerprint density at radius 3 is 2.58 bits per heavy atom. The molecule has 0 aromatic heterocycles. The minimum atomic E-state index is -4.04. The molecule has 0 spiro atoms. The summed E-state index contributed by atoms with van der Waals surface area (Å²) in [5, 5.41) is 8.85. The minimum absolute atomic E-state index is 0.104. The van der Waals surface area contributed by atoms with Gasteiger partial charge in [0, 0.05) is 10.7 Å². The highest BCUT2D eigenvalue weighted by Gasteiger charge is 2.22. The Hall–Kier alpha value is -1.27. The molecule has 5 nitrogen and oxygen atoms in total. The molecule has 1 aromatic carbocycles. The summed E-state index contributed by atoms with van der Waals surface area (Å²) in [6.45, 7) is 0.422. The molecule has 7 heteroatoms. The van der Waals surface area contributed by atoms with Crippen molar-refractivity contribution in [3.8, 4) is 5.75 Å². The molecule has 0 radical (unpaired) electrons. The third-order valence-electron chi connectivity index (χ3n) is 3.15. The van der Waals surface area contributed by atoms with Gasteiger partial charge in [0.25, 0.3) is 9.05 Å². The van der Waals surface area contributed by atoms with Gasteiger partial charge in [-0.05, 0) is 37.0 Å². The second-order valence-electron chi connectivity index (χ2n) is 4.51. The molecule has 0 heterocycles. The number of hydrogen-bond acceptors (Lipinski definition) is 4. The lowest BCUT2D eigenvalue weighted by atomic mass is 9.86. The maximum atomic E-state index is 11.4. The summed E-state index contributed by atoms with van der Waals surface area (Å²) in [7, 11) is 1.26. The lowest BCUT2D eigenvalue weighted by Crippen LogP contribution is -2.19. The van der Waals surface area contributed by atoms with Gasteiger partial charge in [0.05, 0.1) is 12.2 Å². The lowest BCUT2D eigenvalue weighted by Gasteiger charge is -2.25. The molecule has 0 amide bonds. The van der Waals surface area contributed by atoms with Crippen molar-refractivity contribution >= 4 is 25.7 Å². The molecular weight excluding hydrogens is 292 g/mol. The first-order valence-corrected chi connectivity index (χ1v) is 8.13. The number of ether oxygens (including phenoxy) is 1. The van der Waals surface area contributed by atoms with Crippen LogP contribution in [0.5, 0.6) is 5.75 Å². The Kier molecular flexibility index (Phi) is 4.01. The summed E-state index contributed by atoms with van der Waals surface area (Å²) >= 11 is 0. The molecule has 0 unspecified atom stereocenters. The van der Waals surface area contributed by atoms with Crippen molar-refractivity contribution in [2.24, 2.45) is 5.92 Å². The van der Waals surface area contributed by atoms with Crippen LogP contribution in [0, 0.1) is 5.92 Å². The zero-order valence-corrected chi connectivity index (χ0v) is 11.6. The molecule has 19 heavy (non-hydrogen) atoms. The predicted octanol–water partition coefficient (Wildman–Crippen LogP) is 2.49. The van der Waals surface area contributed by atoms with Crippen LogP contribution in [0.2, 0.25) is 0 Å². The van der Waals surface area contributed by atoms with Crippen LogP contribution in [-0.4, -0.2) is 26.1 Å². The summed E-state index contributed by atoms with van der Waals surface area (Å²) in [6.07, 6.45) is 3.29. The normalized spacial score (nSPS) is 15.8. The largest absolute Gasteiger partial charge is 0.492 e. The Labute approximate surface area is 115 Å². The maximum Gasteiger partial charge on any atom is 0.335 e. The quantitative estimate of drug-likeness (QED) is 0.845. The number of carboxylic acids is 1. The van der Waals surface area contributed by atoms with Gasteiger partial charge in [-0.1, -0.05) is 6.42 Å². The fourth-order valence-electron chi connectivity index (χ4n) is 1.82. The molecule has 0 saturated heterocycles. The van der Waals surface area contributed by atoms with Gasteiger partial charge in [0.15, 0.2) is 0 Å². The summed E-state index contributed by atoms with van der Waals surface area (Å²) in [4.78, 5) is 10.5. The summed E-state index contributed by atoms with van der Waals surface area (Å²) in [5.74, 6) is -0.677. The number of benzene rings is 1. The van der Waals surface area contributed by atoms with Crippen molar-refractivity contribution in [1.82, 2.24) is 0 Å². The fourth-order valence-corrected chi connectivity index (χ4v) is 2.81. The molecule has 2 rings (SSSR count). The van der Waals surface area contributed by atoms with Crippen LogP contribution in [0.1, 0.15) is 29.6 Å². The molecular formula is C12H13ClO5S. The van der Waals surface area contributed by atoms with Gasteiger partial charge >= 0.3 is 5.97 Å². The van der Waals surface area contributed by atoms with E-state index in [0.29, 0.717) is 12.5 Å². The van der Waals surface area contributed by atoms with Gasteiger partial charge in [-0.2, -0.15) is 0 Å². The minimum Gasteiger partial charge on any atom is -0.492 e. The molecule has 1 saturated carbocycles. The molecule has 1 fully saturated rings. The highest BCUT2D eigenvalue weighted by molar-refractivity contribution is 8.13. The third-order valence-corrected chi connectivity index (χ3v) is 4.50. The molecule has 1 aliphatic carbocycles. The topological polar surface area (TPSA) is 80.7 Å². The molecule has 0 aliphatic heterocycles. The van der Waals surface area contributed by atoms with Gasteiger partial charge in [-0.25, -0.2) is 13.2 Å². The zero-order chi connectivity index (χ0) is 14.0. The van der Waals surface area contributed by atoms with Crippen LogP contribution in [0.4, 0.5) is 0 Å². The second kappa shape index (κ2) is 5.38. The van der Waals surface area contributed by atoms with Crippen LogP contribution in [0.25, 0.3) is 0 Å². The van der Waals surface area contributed by atoms with Crippen molar-refractivity contribution in [3.05, 3.63) is 23.8 Å². The summed E-state index contributed by atoms with van der Waals surface area (Å²) in [5.41, 5.74) is -0.143. The van der Waals surface area contributed by atoms with Crippen molar-refractivity contribution in [2.45, 2.75) is 24.2 Å². The Bertz CT molecular complexity index is 592. The predicted molar refractivity (Wildman–Crippen MR) is 69.3 cm³/mol. The average Bonchev–Trinajstić information content (AvgIpc) is 2.25. The maximum absolute atomic E-state index is 11.4. The smallest absolute Gasteiger partial charge is 0.335 e. The van der Waals surface area contributed by atoms with Crippen molar-refractivity contribution in [3.63, 3.8) is 0 Å². The van der Waals surface area contributed by atoms with E-state index in [1.807, 2.05) is 0 Å². The Morgan fingerprint density at radius 1 is 1.42 bits per heavy atom. The van der Waals surface area contributed by atoms with E-state index in [1.165, 1.54) is 12.1 Å². The van der Waals surface area contributed by atoms with Crippen LogP contribution >= 0.6 is 10.7 Å². The SMILES string of the molecule is O=C(O)c1ccc(OCC2CCC2)c(S(=O)(=O)Cl)c1. The second-order valence-corrected chi connectivity index (χ2v) is 7.05. The van der Waals surface area contributed by atoms with Crippen molar-refractivity contribution in [1.29, 1.82) is 0 Å². The molecule has 1 aromatic rings. The van der Waals surface area contributed by atoms with Crippen molar-refractivity contribution < 1.29 is 23.1 Å². The first-order chi connectivity index (χ1) is 8.88. The standard InChI is InChI=1S/C12H13ClO5S/c13-19(16,17)11-6-9(12(14)15)4-5-10(11)18-7-8-2-1-3-8/h4-6,8H,1-3,7H2,(H,14,15). The summed E-state index contributed by atoms with van der Waals surface area (Å²) < 4.78 is 28.3. The monoisotopic (exact) mass is 304 g/mol. The van der Waals surface area contributed by atoms with Crippen LogP contribution in [0.15, 0.2) is 23.1 Å². The molecule has 0 bridgehead atoms. The van der Waals surface area contributed by atoms with Crippen LogP contribution < -0.4 is 4.74 Å². The zero-order valence-electron chi connectivity index (χ0n) is 10.0. The van der Waals surface area contributed by atoms with Crippen molar-refractivity contribution in [2.75, 3.05) is 6.61 Å². The molecule has 0 atom stereocenters. The Balaban J connectivity index is 2.27. The number of halogens is 1. The fraction of sp³-hybridized carbons (Fsp3) is 0.417. The number of rotatable bonds is 5. The van der Waals surface area contributed by atoms with E-state index in [1.54, 1.807) is 0 Å². The van der Waals surface area contributed by atoms with Gasteiger partial charge in [0.2, 0.25) is 0 Å². The number of hydrogen-bond donors (Lipinski definition) is 1. The first kappa shape index (κ1) is 14.1. The van der Waals surface area contributed by atoms with Gasteiger partial charge in [-0.3, -0.25) is 0 Å². The van der Waals surface area contributed by atoms with E-state index >= 15 is 0 Å². The van der Waals surface area contributed by atoms with Crippen LogP contribution in [0.3, 0.4) is 0 Å². The van der Waals surface area contributed by atoms with E-state index in [-0.39, 0.29) is 16.2 Å². The van der Waals surface area contributed by atoms with Gasteiger partial charge in [-0.15, -0.1) is 0 Å². The summed E-state index contributed by atoms with van der Waals surface area (Å²) in [6, 6.07) is 3.64. The Morgan fingerprint density at radius 2 is 2.11 bits per heavy atom. The van der Waals surface area contributed by atoms with Crippen LogP contribution in [-0.2, 0) is 9.05 Å². The van der Waals surface area contributed by atoms with E-state index in [2.05, 4.69) is 0 Å². The average molecular weight is 305 g/mol. The lowest BCUT2D eigenvalue weighted by molar-refractivity contribution is 0.0696. The number of aromatic carboxylic acids is 1. The molecule has 1 N–H and O–H groups in total. The molecule has 104 valence electrons. The number of carboxylic acid groups (broad SMARTS) is 1. The molecule has 1 aliphatic rings. The highest BCUT2D eigenvalue weighted by Crippen LogP contribution is 2.31. The van der Waals surface area contributed by atoms with E-state index in [0.717, 1.165) is 25.3 Å².